The smallest absolute Gasteiger partial charge is 0.342 e. The van der Waals surface area contributed by atoms with Gasteiger partial charge in [0.15, 0.2) is 0 Å². The lowest BCUT2D eigenvalue weighted by Gasteiger charge is -2.41. The van der Waals surface area contributed by atoms with Gasteiger partial charge in [-0.1, -0.05) is 32.0 Å². The molecule has 156 valence electrons. The Kier molecular flexibility index (Phi) is 6.69. The molecule has 0 aliphatic carbocycles. The van der Waals surface area contributed by atoms with E-state index in [1.807, 2.05) is 11.8 Å². The van der Waals surface area contributed by atoms with Crippen molar-refractivity contribution in [3.8, 4) is 0 Å². The molecule has 1 aromatic carbocycles. The minimum Gasteiger partial charge on any atom is -0.342 e. The van der Waals surface area contributed by atoms with E-state index in [4.69, 9.17) is 0 Å². The van der Waals surface area contributed by atoms with Crippen LogP contribution in [0.25, 0.3) is 0 Å². The first kappa shape index (κ1) is 21.2. The van der Waals surface area contributed by atoms with E-state index in [0.717, 1.165) is 57.1 Å². The molecule has 2 aliphatic heterocycles. The monoisotopic (exact) mass is 396 g/mol. The van der Waals surface area contributed by atoms with Gasteiger partial charge in [-0.3, -0.25) is 4.79 Å². The number of hydrogen-bond donors (Lipinski definition) is 0. The van der Waals surface area contributed by atoms with E-state index in [1.54, 1.807) is 6.07 Å². The molecule has 0 spiro atoms. The van der Waals surface area contributed by atoms with Crippen molar-refractivity contribution in [2.45, 2.75) is 58.2 Å². The molecule has 2 saturated heterocycles. The summed E-state index contributed by atoms with van der Waals surface area (Å²) < 4.78 is 38.7. The highest BCUT2D eigenvalue weighted by atomic mass is 19.4. The highest BCUT2D eigenvalue weighted by Crippen LogP contribution is 2.30. The van der Waals surface area contributed by atoms with Crippen LogP contribution in [-0.4, -0.2) is 47.9 Å². The van der Waals surface area contributed by atoms with Gasteiger partial charge in [-0.25, -0.2) is 0 Å². The number of rotatable bonds is 4. The quantitative estimate of drug-likeness (QED) is 0.742. The molecular formula is C22H31F3N2O. The number of piperidine rings is 2. The summed E-state index contributed by atoms with van der Waals surface area (Å²) in [5, 5.41) is 0. The Morgan fingerprint density at radius 2 is 1.75 bits per heavy atom. The molecule has 0 aromatic heterocycles. The lowest BCUT2D eigenvalue weighted by molar-refractivity contribution is -0.137. The minimum absolute atomic E-state index is 0.0585. The van der Waals surface area contributed by atoms with Crippen molar-refractivity contribution in [1.29, 1.82) is 0 Å². The van der Waals surface area contributed by atoms with Crippen LogP contribution in [0.3, 0.4) is 0 Å². The molecule has 2 aliphatic rings. The normalized spacial score (nSPS) is 21.7. The fraction of sp³-hybridized carbons (Fsp3) is 0.682. The summed E-state index contributed by atoms with van der Waals surface area (Å²) in [6, 6.07) is 5.88. The summed E-state index contributed by atoms with van der Waals surface area (Å²) >= 11 is 0. The van der Waals surface area contributed by atoms with Gasteiger partial charge in [0.05, 0.1) is 5.56 Å². The van der Waals surface area contributed by atoms with Crippen LogP contribution in [0.4, 0.5) is 13.2 Å². The number of nitrogens with zero attached hydrogens (tertiary/aromatic N) is 2. The summed E-state index contributed by atoms with van der Waals surface area (Å²) in [4.78, 5) is 17.3. The maximum absolute atomic E-state index is 12.9. The predicted octanol–water partition coefficient (Wildman–Crippen LogP) is 4.61. The van der Waals surface area contributed by atoms with Crippen LogP contribution in [0.2, 0.25) is 0 Å². The summed E-state index contributed by atoms with van der Waals surface area (Å²) in [5.74, 6) is 0.564. The standard InChI is InChI=1S/C22H31F3N2O/c1-16-6-10-26(11-7-16)20-8-12-27(13-9-20)21(28)17(2)14-18-4-3-5-19(15-18)22(23,24)25/h3-5,15-17,20H,6-14H2,1-2H3/t17-/m1/s1. The minimum atomic E-state index is -4.35. The molecule has 0 N–H and O–H groups in total. The Bertz CT molecular complexity index is 660. The summed E-state index contributed by atoms with van der Waals surface area (Å²) in [6.45, 7) is 7.95. The Hall–Kier alpha value is -1.56. The Balaban J connectivity index is 1.51. The zero-order valence-electron chi connectivity index (χ0n) is 16.8. The molecule has 2 fully saturated rings. The molecule has 0 unspecified atom stereocenters. The van der Waals surface area contributed by atoms with Gasteiger partial charge in [0.1, 0.15) is 0 Å². The van der Waals surface area contributed by atoms with Crippen LogP contribution in [0.1, 0.15) is 50.7 Å². The van der Waals surface area contributed by atoms with E-state index in [9.17, 15) is 18.0 Å². The first-order valence-corrected chi connectivity index (χ1v) is 10.4. The van der Waals surface area contributed by atoms with Crippen molar-refractivity contribution in [2.75, 3.05) is 26.2 Å². The first-order chi connectivity index (χ1) is 13.2. The lowest BCUT2D eigenvalue weighted by Crippen LogP contribution is -2.49. The average molecular weight is 396 g/mol. The Labute approximate surface area is 165 Å². The van der Waals surface area contributed by atoms with Crippen LogP contribution < -0.4 is 0 Å². The molecule has 3 nitrogen and oxygen atoms in total. The summed E-state index contributed by atoms with van der Waals surface area (Å²) in [5.41, 5.74) is -0.0886. The zero-order valence-corrected chi connectivity index (χ0v) is 16.8. The number of halogens is 3. The van der Waals surface area contributed by atoms with Gasteiger partial charge in [-0.15, -0.1) is 0 Å². The third kappa shape index (κ3) is 5.28. The van der Waals surface area contributed by atoms with E-state index in [-0.39, 0.29) is 11.8 Å². The molecule has 3 rings (SSSR count). The van der Waals surface area contributed by atoms with Crippen LogP contribution in [-0.2, 0) is 17.4 Å². The van der Waals surface area contributed by atoms with Crippen LogP contribution in [0.15, 0.2) is 24.3 Å². The highest BCUT2D eigenvalue weighted by Gasteiger charge is 2.32. The Morgan fingerprint density at radius 3 is 2.36 bits per heavy atom. The number of alkyl halides is 3. The number of benzene rings is 1. The van der Waals surface area contributed by atoms with Gasteiger partial charge in [0, 0.05) is 25.0 Å². The van der Waals surface area contributed by atoms with E-state index >= 15 is 0 Å². The first-order valence-electron chi connectivity index (χ1n) is 10.4. The second-order valence-corrected chi connectivity index (χ2v) is 8.58. The van der Waals surface area contributed by atoms with Gasteiger partial charge in [0.25, 0.3) is 0 Å². The molecule has 0 radical (unpaired) electrons. The molecule has 1 atom stereocenters. The van der Waals surface area contributed by atoms with Crippen molar-refractivity contribution in [3.05, 3.63) is 35.4 Å². The molecule has 0 saturated carbocycles. The fourth-order valence-corrected chi connectivity index (χ4v) is 4.47. The van der Waals surface area contributed by atoms with Crippen molar-refractivity contribution in [3.63, 3.8) is 0 Å². The largest absolute Gasteiger partial charge is 0.416 e. The second kappa shape index (κ2) is 8.85. The van der Waals surface area contributed by atoms with Gasteiger partial charge >= 0.3 is 6.18 Å². The van der Waals surface area contributed by atoms with Gasteiger partial charge < -0.3 is 9.80 Å². The van der Waals surface area contributed by atoms with Crippen molar-refractivity contribution < 1.29 is 18.0 Å². The molecule has 6 heteroatoms. The van der Waals surface area contributed by atoms with E-state index < -0.39 is 11.7 Å². The van der Waals surface area contributed by atoms with Gasteiger partial charge in [-0.2, -0.15) is 13.2 Å². The number of amides is 1. The number of hydrogen-bond acceptors (Lipinski definition) is 2. The molecule has 1 aromatic rings. The van der Waals surface area contributed by atoms with Crippen LogP contribution in [0.5, 0.6) is 0 Å². The van der Waals surface area contributed by atoms with Crippen molar-refractivity contribution in [1.82, 2.24) is 9.80 Å². The predicted molar refractivity (Wildman–Crippen MR) is 104 cm³/mol. The highest BCUT2D eigenvalue weighted by molar-refractivity contribution is 5.79. The van der Waals surface area contributed by atoms with E-state index in [2.05, 4.69) is 11.8 Å². The number of carbonyl (C=O) groups is 1. The molecular weight excluding hydrogens is 365 g/mol. The van der Waals surface area contributed by atoms with E-state index in [0.29, 0.717) is 18.0 Å². The summed E-state index contributed by atoms with van der Waals surface area (Å²) in [6.07, 6.45) is 0.497. The van der Waals surface area contributed by atoms with Gasteiger partial charge in [-0.05, 0) is 62.7 Å². The molecule has 0 bridgehead atoms. The Morgan fingerprint density at radius 1 is 1.11 bits per heavy atom. The van der Waals surface area contributed by atoms with Gasteiger partial charge in [0.2, 0.25) is 5.91 Å². The zero-order chi connectivity index (χ0) is 20.3. The topological polar surface area (TPSA) is 23.6 Å². The number of likely N-dealkylation sites (tertiary alicyclic amines) is 2. The number of carbonyl (C=O) groups excluding carboxylic acids is 1. The average Bonchev–Trinajstić information content (AvgIpc) is 2.68. The van der Waals surface area contributed by atoms with Crippen LogP contribution in [0, 0.1) is 11.8 Å². The second-order valence-electron chi connectivity index (χ2n) is 8.58. The van der Waals surface area contributed by atoms with E-state index in [1.165, 1.54) is 18.9 Å². The fourth-order valence-electron chi connectivity index (χ4n) is 4.47. The van der Waals surface area contributed by atoms with Crippen molar-refractivity contribution >= 4 is 5.91 Å². The molecule has 1 amide bonds. The maximum atomic E-state index is 12.9. The van der Waals surface area contributed by atoms with Crippen molar-refractivity contribution in [2.24, 2.45) is 11.8 Å². The third-order valence-electron chi connectivity index (χ3n) is 6.33. The molecule has 2 heterocycles. The summed E-state index contributed by atoms with van der Waals surface area (Å²) in [7, 11) is 0. The maximum Gasteiger partial charge on any atom is 0.416 e. The van der Waals surface area contributed by atoms with Crippen LogP contribution >= 0.6 is 0 Å². The molecule has 28 heavy (non-hydrogen) atoms. The SMILES string of the molecule is CC1CCN(C2CCN(C(=O)[C@H](C)Cc3cccc(C(F)(F)F)c3)CC2)CC1. The lowest BCUT2D eigenvalue weighted by atomic mass is 9.93. The third-order valence-corrected chi connectivity index (χ3v) is 6.33.